The van der Waals surface area contributed by atoms with Crippen molar-refractivity contribution in [2.45, 2.75) is 51.7 Å². The first-order valence-electron chi connectivity index (χ1n) is 7.55. The maximum Gasteiger partial charge on any atom is 0.223 e. The molecule has 21 heavy (non-hydrogen) atoms. The number of carbonyl (C=O) groups is 1. The summed E-state index contributed by atoms with van der Waals surface area (Å²) in [6.07, 6.45) is 2.20. The maximum atomic E-state index is 12.8. The average molecular weight is 293 g/mol. The molecule has 1 amide bonds. The molecule has 0 radical (unpaired) electrons. The Labute approximate surface area is 126 Å². The van der Waals surface area contributed by atoms with Gasteiger partial charge in [-0.1, -0.05) is 12.1 Å². The van der Waals surface area contributed by atoms with Crippen molar-refractivity contribution in [1.82, 2.24) is 4.90 Å². The van der Waals surface area contributed by atoms with Crippen LogP contribution >= 0.6 is 0 Å². The van der Waals surface area contributed by atoms with E-state index < -0.39 is 0 Å². The predicted octanol–water partition coefficient (Wildman–Crippen LogP) is 3.17. The van der Waals surface area contributed by atoms with Crippen LogP contribution in [0.2, 0.25) is 0 Å². The van der Waals surface area contributed by atoms with Crippen LogP contribution in [0.5, 0.6) is 0 Å². The Morgan fingerprint density at radius 2 is 2.05 bits per heavy atom. The highest BCUT2D eigenvalue weighted by atomic mass is 19.1. The molecule has 0 N–H and O–H groups in total. The zero-order valence-electron chi connectivity index (χ0n) is 13.1. The van der Waals surface area contributed by atoms with Crippen LogP contribution in [-0.4, -0.2) is 35.6 Å². The number of nitrogens with zero attached hydrogens (tertiary/aromatic N) is 1. The highest BCUT2D eigenvalue weighted by Gasteiger charge is 2.36. The number of hydrogen-bond donors (Lipinski definition) is 0. The number of amides is 1. The standard InChI is InChI=1S/C17H24FNO2/c1-13-11-19(17(2,3)12-21-13)16(20)6-4-5-14-7-9-15(18)10-8-14/h7-10,13H,4-6,11-12H2,1-3H3. The summed E-state index contributed by atoms with van der Waals surface area (Å²) in [6.45, 7) is 7.31. The van der Waals surface area contributed by atoms with Crippen LogP contribution in [0.1, 0.15) is 39.2 Å². The molecule has 116 valence electrons. The van der Waals surface area contributed by atoms with E-state index in [2.05, 4.69) is 0 Å². The van der Waals surface area contributed by atoms with Gasteiger partial charge in [0.1, 0.15) is 5.82 Å². The summed E-state index contributed by atoms with van der Waals surface area (Å²) in [5.41, 5.74) is 0.832. The fourth-order valence-electron chi connectivity index (χ4n) is 2.65. The van der Waals surface area contributed by atoms with E-state index in [4.69, 9.17) is 4.74 Å². The van der Waals surface area contributed by atoms with Gasteiger partial charge < -0.3 is 9.64 Å². The Balaban J connectivity index is 1.84. The van der Waals surface area contributed by atoms with Crippen LogP contribution in [0.25, 0.3) is 0 Å². The van der Waals surface area contributed by atoms with Gasteiger partial charge in [0, 0.05) is 13.0 Å². The van der Waals surface area contributed by atoms with Crippen LogP contribution in [-0.2, 0) is 16.0 Å². The number of benzene rings is 1. The van der Waals surface area contributed by atoms with Crippen molar-refractivity contribution in [2.75, 3.05) is 13.2 Å². The molecule has 1 unspecified atom stereocenters. The highest BCUT2D eigenvalue weighted by molar-refractivity contribution is 5.77. The maximum absolute atomic E-state index is 12.8. The van der Waals surface area contributed by atoms with Crippen LogP contribution < -0.4 is 0 Å². The van der Waals surface area contributed by atoms with Crippen LogP contribution in [0.3, 0.4) is 0 Å². The number of rotatable bonds is 4. The van der Waals surface area contributed by atoms with Gasteiger partial charge in [-0.2, -0.15) is 0 Å². The van der Waals surface area contributed by atoms with Gasteiger partial charge in [-0.25, -0.2) is 4.39 Å². The second kappa shape index (κ2) is 6.56. The van der Waals surface area contributed by atoms with E-state index in [1.54, 1.807) is 12.1 Å². The minimum Gasteiger partial charge on any atom is -0.374 e. The quantitative estimate of drug-likeness (QED) is 0.853. The van der Waals surface area contributed by atoms with Gasteiger partial charge in [0.05, 0.1) is 18.2 Å². The minimum atomic E-state index is -0.237. The van der Waals surface area contributed by atoms with E-state index in [9.17, 15) is 9.18 Å². The predicted molar refractivity (Wildman–Crippen MR) is 80.5 cm³/mol. The summed E-state index contributed by atoms with van der Waals surface area (Å²) in [7, 11) is 0. The van der Waals surface area contributed by atoms with Crippen LogP contribution in [0.15, 0.2) is 24.3 Å². The molecule has 2 rings (SSSR count). The molecule has 0 bridgehead atoms. The molecule has 1 saturated heterocycles. The number of halogens is 1. The van der Waals surface area contributed by atoms with E-state index in [1.165, 1.54) is 12.1 Å². The Kier molecular flexibility index (Phi) is 4.99. The molecule has 1 aromatic carbocycles. The zero-order valence-corrected chi connectivity index (χ0v) is 13.1. The Hall–Kier alpha value is -1.42. The monoisotopic (exact) mass is 293 g/mol. The van der Waals surface area contributed by atoms with Crippen molar-refractivity contribution in [1.29, 1.82) is 0 Å². The lowest BCUT2D eigenvalue weighted by Gasteiger charge is -2.44. The second-order valence-electron chi connectivity index (χ2n) is 6.42. The molecule has 0 aliphatic carbocycles. The summed E-state index contributed by atoms with van der Waals surface area (Å²) in [4.78, 5) is 14.4. The summed E-state index contributed by atoms with van der Waals surface area (Å²) >= 11 is 0. The topological polar surface area (TPSA) is 29.5 Å². The molecule has 1 atom stereocenters. The lowest BCUT2D eigenvalue weighted by atomic mass is 9.99. The van der Waals surface area contributed by atoms with Gasteiger partial charge in [0.25, 0.3) is 0 Å². The van der Waals surface area contributed by atoms with E-state index in [1.807, 2.05) is 25.7 Å². The lowest BCUT2D eigenvalue weighted by molar-refractivity contribution is -0.152. The third kappa shape index (κ3) is 4.27. The van der Waals surface area contributed by atoms with Crippen LogP contribution in [0, 0.1) is 5.82 Å². The highest BCUT2D eigenvalue weighted by Crippen LogP contribution is 2.23. The van der Waals surface area contributed by atoms with E-state index in [0.29, 0.717) is 19.6 Å². The minimum absolute atomic E-state index is 0.0964. The van der Waals surface area contributed by atoms with Crippen LogP contribution in [0.4, 0.5) is 4.39 Å². The van der Waals surface area contributed by atoms with Gasteiger partial charge in [-0.15, -0.1) is 0 Å². The van der Waals surface area contributed by atoms with E-state index >= 15 is 0 Å². The fraction of sp³-hybridized carbons (Fsp3) is 0.588. The molecule has 1 aliphatic rings. The Bertz CT molecular complexity index is 484. The number of hydrogen-bond acceptors (Lipinski definition) is 2. The molecule has 1 aromatic rings. The summed E-state index contributed by atoms with van der Waals surface area (Å²) in [6, 6.07) is 6.48. The molecular weight excluding hydrogens is 269 g/mol. The number of aryl methyl sites for hydroxylation is 1. The normalized spacial score (nSPS) is 21.3. The molecule has 1 fully saturated rings. The molecule has 0 saturated carbocycles. The molecular formula is C17H24FNO2. The smallest absolute Gasteiger partial charge is 0.223 e. The third-order valence-electron chi connectivity index (χ3n) is 3.96. The second-order valence-corrected chi connectivity index (χ2v) is 6.42. The fourth-order valence-corrected chi connectivity index (χ4v) is 2.65. The SMILES string of the molecule is CC1CN(C(=O)CCCc2ccc(F)cc2)C(C)(C)CO1. The van der Waals surface area contributed by atoms with Gasteiger partial charge in [0.15, 0.2) is 0 Å². The van der Waals surface area contributed by atoms with Gasteiger partial charge in [0.2, 0.25) is 5.91 Å². The Morgan fingerprint density at radius 1 is 1.38 bits per heavy atom. The van der Waals surface area contributed by atoms with Crippen molar-refractivity contribution >= 4 is 5.91 Å². The van der Waals surface area contributed by atoms with Crippen molar-refractivity contribution in [3.05, 3.63) is 35.6 Å². The lowest BCUT2D eigenvalue weighted by Crippen LogP contribution is -2.57. The third-order valence-corrected chi connectivity index (χ3v) is 3.96. The molecule has 0 spiro atoms. The molecule has 1 aliphatic heterocycles. The summed E-state index contributed by atoms with van der Waals surface area (Å²) in [5, 5.41) is 0. The first-order valence-corrected chi connectivity index (χ1v) is 7.55. The molecule has 1 heterocycles. The molecule has 0 aromatic heterocycles. The Morgan fingerprint density at radius 3 is 2.71 bits per heavy atom. The van der Waals surface area contributed by atoms with Gasteiger partial charge >= 0.3 is 0 Å². The average Bonchev–Trinajstić information content (AvgIpc) is 2.43. The van der Waals surface area contributed by atoms with Crippen molar-refractivity contribution in [2.24, 2.45) is 0 Å². The first-order chi connectivity index (χ1) is 9.88. The van der Waals surface area contributed by atoms with Crippen molar-refractivity contribution in [3.8, 4) is 0 Å². The summed E-state index contributed by atoms with van der Waals surface area (Å²) < 4.78 is 18.5. The summed E-state index contributed by atoms with van der Waals surface area (Å²) in [5.74, 6) is -0.0452. The number of carbonyl (C=O) groups excluding carboxylic acids is 1. The molecule has 4 heteroatoms. The first kappa shape index (κ1) is 16.0. The number of morpholine rings is 1. The van der Waals surface area contributed by atoms with Crippen molar-refractivity contribution < 1.29 is 13.9 Å². The number of ether oxygens (including phenoxy) is 1. The van der Waals surface area contributed by atoms with E-state index in [0.717, 1.165) is 18.4 Å². The van der Waals surface area contributed by atoms with Gasteiger partial charge in [-0.05, 0) is 51.3 Å². The molecule has 3 nitrogen and oxygen atoms in total. The zero-order chi connectivity index (χ0) is 15.5. The van der Waals surface area contributed by atoms with E-state index in [-0.39, 0.29) is 23.4 Å². The van der Waals surface area contributed by atoms with Crippen molar-refractivity contribution in [3.63, 3.8) is 0 Å². The largest absolute Gasteiger partial charge is 0.374 e. The van der Waals surface area contributed by atoms with Gasteiger partial charge in [-0.3, -0.25) is 4.79 Å².